The predicted molar refractivity (Wildman–Crippen MR) is 46.1 cm³/mol. The summed E-state index contributed by atoms with van der Waals surface area (Å²) >= 11 is 5.66. The van der Waals surface area contributed by atoms with Crippen LogP contribution in [0.3, 0.4) is 0 Å². The Labute approximate surface area is 74.2 Å². The van der Waals surface area contributed by atoms with E-state index in [1.54, 1.807) is 6.07 Å². The summed E-state index contributed by atoms with van der Waals surface area (Å²) in [6, 6.07) is 1.71. The Morgan fingerprint density at radius 2 is 2.17 bits per heavy atom. The molecule has 62 valence electrons. The van der Waals surface area contributed by atoms with Crippen LogP contribution in [0.5, 0.6) is 0 Å². The summed E-state index contributed by atoms with van der Waals surface area (Å²) in [5.41, 5.74) is 1.55. The van der Waals surface area contributed by atoms with Gasteiger partial charge in [-0.1, -0.05) is 11.6 Å². The van der Waals surface area contributed by atoms with Crippen molar-refractivity contribution in [3.63, 3.8) is 0 Å². The van der Waals surface area contributed by atoms with Gasteiger partial charge in [0.1, 0.15) is 11.3 Å². The van der Waals surface area contributed by atoms with Crippen molar-refractivity contribution in [2.45, 2.75) is 6.92 Å². The second-order valence-electron chi connectivity index (χ2n) is 2.59. The third-order valence-electron chi connectivity index (χ3n) is 1.81. The van der Waals surface area contributed by atoms with E-state index in [1.165, 1.54) is 0 Å². The highest BCUT2D eigenvalue weighted by molar-refractivity contribution is 6.29. The lowest BCUT2D eigenvalue weighted by Crippen LogP contribution is -1.93. The molecule has 0 aliphatic rings. The Balaban J connectivity index is 2.87. The molecule has 0 spiro atoms. The van der Waals surface area contributed by atoms with Crippen LogP contribution in [-0.4, -0.2) is 19.7 Å². The quantitative estimate of drug-likeness (QED) is 0.617. The lowest BCUT2D eigenvalue weighted by Gasteiger charge is -1.92. The van der Waals surface area contributed by atoms with Gasteiger partial charge in [-0.25, -0.2) is 4.98 Å². The van der Waals surface area contributed by atoms with Gasteiger partial charge in [0.2, 0.25) is 0 Å². The van der Waals surface area contributed by atoms with Crippen LogP contribution in [0, 0.1) is 6.92 Å². The van der Waals surface area contributed by atoms with Crippen molar-refractivity contribution in [2.24, 2.45) is 7.05 Å². The number of rotatable bonds is 0. The molecule has 12 heavy (non-hydrogen) atoms. The van der Waals surface area contributed by atoms with E-state index in [2.05, 4.69) is 15.2 Å². The first kappa shape index (κ1) is 7.49. The number of aromatic nitrogens is 4. The van der Waals surface area contributed by atoms with Crippen LogP contribution in [0.25, 0.3) is 11.2 Å². The van der Waals surface area contributed by atoms with Crippen molar-refractivity contribution < 1.29 is 0 Å². The molecule has 0 atom stereocenters. The van der Waals surface area contributed by atoms with E-state index < -0.39 is 0 Å². The summed E-state index contributed by atoms with van der Waals surface area (Å²) < 4.78 is 1.87. The number of hydrogen-bond donors (Lipinski definition) is 0. The lowest BCUT2D eigenvalue weighted by atomic mass is 10.5. The highest BCUT2D eigenvalue weighted by Crippen LogP contribution is 2.13. The Morgan fingerprint density at radius 1 is 1.42 bits per heavy atom. The molecule has 4 nitrogen and oxygen atoms in total. The minimum atomic E-state index is 0.376. The average molecular weight is 183 g/mol. The van der Waals surface area contributed by atoms with E-state index >= 15 is 0 Å². The maximum atomic E-state index is 5.66. The molecular weight excluding hydrogens is 176 g/mol. The molecule has 5 heteroatoms. The van der Waals surface area contributed by atoms with Crippen molar-refractivity contribution in [3.8, 4) is 0 Å². The summed E-state index contributed by atoms with van der Waals surface area (Å²) in [6.45, 7) is 1.91. The van der Waals surface area contributed by atoms with Crippen LogP contribution in [-0.2, 0) is 7.05 Å². The largest absolute Gasteiger partial charge is 0.315 e. The standard InChI is InChI=1S/C7H7ClN4/c1-4-9-5-3-6(8)10-11-7(5)12(4)2/h3H,1-2H3. The van der Waals surface area contributed by atoms with E-state index in [0.29, 0.717) is 5.15 Å². The Kier molecular flexibility index (Phi) is 1.51. The van der Waals surface area contributed by atoms with Gasteiger partial charge in [0.15, 0.2) is 10.8 Å². The Morgan fingerprint density at radius 3 is 2.92 bits per heavy atom. The molecule has 0 aromatic carbocycles. The van der Waals surface area contributed by atoms with Crippen LogP contribution in [0.15, 0.2) is 6.07 Å². The smallest absolute Gasteiger partial charge is 0.182 e. The second-order valence-corrected chi connectivity index (χ2v) is 2.98. The van der Waals surface area contributed by atoms with Gasteiger partial charge in [-0.05, 0) is 6.92 Å². The van der Waals surface area contributed by atoms with Crippen molar-refractivity contribution >= 4 is 22.8 Å². The van der Waals surface area contributed by atoms with E-state index in [9.17, 15) is 0 Å². The van der Waals surface area contributed by atoms with Gasteiger partial charge in [0.05, 0.1) is 0 Å². The molecule has 0 radical (unpaired) electrons. The fourth-order valence-electron chi connectivity index (χ4n) is 1.08. The number of nitrogens with zero attached hydrogens (tertiary/aromatic N) is 4. The molecule has 0 saturated heterocycles. The first-order valence-corrected chi connectivity index (χ1v) is 3.88. The number of aryl methyl sites for hydroxylation is 2. The van der Waals surface area contributed by atoms with E-state index in [-0.39, 0.29) is 0 Å². The molecule has 2 rings (SSSR count). The zero-order chi connectivity index (χ0) is 8.72. The Bertz CT molecular complexity index is 434. The zero-order valence-electron chi connectivity index (χ0n) is 6.74. The highest BCUT2D eigenvalue weighted by atomic mass is 35.5. The molecular formula is C7H7ClN4. The number of fused-ring (bicyclic) bond motifs is 1. The summed E-state index contributed by atoms with van der Waals surface area (Å²) in [7, 11) is 1.90. The molecule has 2 aromatic rings. The molecule has 0 amide bonds. The van der Waals surface area contributed by atoms with E-state index in [0.717, 1.165) is 17.0 Å². The molecule has 0 aliphatic carbocycles. The van der Waals surface area contributed by atoms with E-state index in [4.69, 9.17) is 11.6 Å². The van der Waals surface area contributed by atoms with Crippen LogP contribution < -0.4 is 0 Å². The van der Waals surface area contributed by atoms with Crippen molar-refractivity contribution in [2.75, 3.05) is 0 Å². The topological polar surface area (TPSA) is 43.6 Å². The molecule has 0 aliphatic heterocycles. The van der Waals surface area contributed by atoms with Crippen LogP contribution in [0.4, 0.5) is 0 Å². The normalized spacial score (nSPS) is 10.9. The third-order valence-corrected chi connectivity index (χ3v) is 2.00. The fourth-order valence-corrected chi connectivity index (χ4v) is 1.22. The second kappa shape index (κ2) is 2.42. The minimum Gasteiger partial charge on any atom is -0.315 e. The van der Waals surface area contributed by atoms with Gasteiger partial charge in [-0.15, -0.1) is 10.2 Å². The number of halogens is 1. The van der Waals surface area contributed by atoms with Gasteiger partial charge in [-0.3, -0.25) is 0 Å². The molecule has 0 unspecified atom stereocenters. The van der Waals surface area contributed by atoms with Crippen molar-refractivity contribution in [1.29, 1.82) is 0 Å². The van der Waals surface area contributed by atoms with Gasteiger partial charge in [-0.2, -0.15) is 0 Å². The lowest BCUT2D eigenvalue weighted by molar-refractivity contribution is 0.860. The number of imidazole rings is 1. The van der Waals surface area contributed by atoms with Crippen LogP contribution >= 0.6 is 11.6 Å². The van der Waals surface area contributed by atoms with Crippen molar-refractivity contribution in [1.82, 2.24) is 19.7 Å². The van der Waals surface area contributed by atoms with Crippen LogP contribution in [0.2, 0.25) is 5.15 Å². The molecule has 0 bridgehead atoms. The van der Waals surface area contributed by atoms with Gasteiger partial charge >= 0.3 is 0 Å². The predicted octanol–water partition coefficient (Wildman–Crippen LogP) is 1.33. The summed E-state index contributed by atoms with van der Waals surface area (Å²) in [5, 5.41) is 8.03. The fraction of sp³-hybridized carbons (Fsp3) is 0.286. The third kappa shape index (κ3) is 0.956. The van der Waals surface area contributed by atoms with Gasteiger partial charge in [0, 0.05) is 13.1 Å². The number of hydrogen-bond acceptors (Lipinski definition) is 3. The van der Waals surface area contributed by atoms with Gasteiger partial charge < -0.3 is 4.57 Å². The first-order valence-electron chi connectivity index (χ1n) is 3.51. The maximum Gasteiger partial charge on any atom is 0.182 e. The molecule has 2 heterocycles. The monoisotopic (exact) mass is 182 g/mol. The first-order chi connectivity index (χ1) is 5.68. The molecule has 0 N–H and O–H groups in total. The molecule has 0 saturated carbocycles. The summed E-state index contributed by atoms with van der Waals surface area (Å²) in [6.07, 6.45) is 0. The van der Waals surface area contributed by atoms with Crippen LogP contribution in [0.1, 0.15) is 5.82 Å². The van der Waals surface area contributed by atoms with Crippen molar-refractivity contribution in [3.05, 3.63) is 17.0 Å². The SMILES string of the molecule is Cc1nc2cc(Cl)nnc2n1C. The Hall–Kier alpha value is -1.16. The molecule has 0 fully saturated rings. The zero-order valence-corrected chi connectivity index (χ0v) is 7.50. The average Bonchev–Trinajstić information content (AvgIpc) is 2.28. The van der Waals surface area contributed by atoms with Gasteiger partial charge in [0.25, 0.3) is 0 Å². The minimum absolute atomic E-state index is 0.376. The highest BCUT2D eigenvalue weighted by Gasteiger charge is 2.05. The van der Waals surface area contributed by atoms with E-state index in [1.807, 2.05) is 18.5 Å². The summed E-state index contributed by atoms with van der Waals surface area (Å²) in [5.74, 6) is 0.904. The molecule has 2 aromatic heterocycles. The maximum absolute atomic E-state index is 5.66. The summed E-state index contributed by atoms with van der Waals surface area (Å²) in [4.78, 5) is 4.25.